The Balaban J connectivity index is 3.25. The molecule has 0 spiro atoms. The van der Waals surface area contributed by atoms with Crippen molar-refractivity contribution in [2.75, 3.05) is 19.5 Å². The summed E-state index contributed by atoms with van der Waals surface area (Å²) in [6.07, 6.45) is -5.34. The number of amides is 1. The second kappa shape index (κ2) is 18.5. The number of carbonyl (C=O) groups is 6. The number of methoxy groups -OCH3 is 1. The Labute approximate surface area is 251 Å². The van der Waals surface area contributed by atoms with E-state index in [-0.39, 0.29) is 5.75 Å². The van der Waals surface area contributed by atoms with E-state index < -0.39 is 90.4 Å². The molecule has 42 heavy (non-hydrogen) atoms. The molecule has 1 amide bonds. The molecule has 1 aliphatic heterocycles. The Morgan fingerprint density at radius 3 is 2.05 bits per heavy atom. The van der Waals surface area contributed by atoms with Gasteiger partial charge in [-0.2, -0.15) is 0 Å². The molecule has 0 bridgehead atoms. The predicted molar refractivity (Wildman–Crippen MR) is 150 cm³/mol. The zero-order valence-corrected chi connectivity index (χ0v) is 25.8. The lowest BCUT2D eigenvalue weighted by Gasteiger charge is -2.43. The normalized spacial score (nSPS) is 23.9. The fraction of sp³-hybridized carbons (Fsp3) is 0.696. The highest BCUT2D eigenvalue weighted by atomic mass is 33.1. The molecule has 236 valence electrons. The molecule has 8 atom stereocenters. The first-order chi connectivity index (χ1) is 19.7. The molecule has 0 saturated carbocycles. The number of rotatable bonds is 15. The lowest BCUT2D eigenvalue weighted by molar-refractivity contribution is -0.237. The van der Waals surface area contributed by atoms with Crippen molar-refractivity contribution in [3.63, 3.8) is 0 Å². The van der Waals surface area contributed by atoms with Crippen LogP contribution in [0.5, 0.6) is 0 Å². The maximum Gasteiger partial charge on any atom is 0.331 e. The van der Waals surface area contributed by atoms with Gasteiger partial charge in [-0.05, 0) is 6.92 Å². The molecule has 0 aromatic carbocycles. The van der Waals surface area contributed by atoms with E-state index in [0.29, 0.717) is 0 Å². The number of hydrogen-bond acceptors (Lipinski definition) is 17. The molecule has 2 N–H and O–H groups in total. The zero-order chi connectivity index (χ0) is 32.0. The molecular formula is C23H35BN2O14S2. The summed E-state index contributed by atoms with van der Waals surface area (Å²) in [6.45, 7) is 5.39. The summed E-state index contributed by atoms with van der Waals surface area (Å²) in [4.78, 5) is 76.2. The molecule has 0 aromatic heterocycles. The summed E-state index contributed by atoms with van der Waals surface area (Å²) in [5, 5.41) is 12.3. The maximum atomic E-state index is 12.9. The quantitative estimate of drug-likeness (QED) is 0.0519. The van der Waals surface area contributed by atoms with Crippen LogP contribution in [-0.4, -0.2) is 123 Å². The van der Waals surface area contributed by atoms with E-state index in [9.17, 15) is 33.9 Å². The fourth-order valence-corrected chi connectivity index (χ4v) is 6.09. The monoisotopic (exact) mass is 638 g/mol. The molecule has 16 nitrogen and oxygen atoms in total. The summed E-state index contributed by atoms with van der Waals surface area (Å²) in [6, 6.07) is -2.50. The van der Waals surface area contributed by atoms with Gasteiger partial charge in [-0.3, -0.25) is 24.0 Å². The highest BCUT2D eigenvalue weighted by Crippen LogP contribution is 2.39. The van der Waals surface area contributed by atoms with Gasteiger partial charge in [-0.25, -0.2) is 9.79 Å². The molecule has 1 heterocycles. The van der Waals surface area contributed by atoms with Crippen LogP contribution >= 0.6 is 21.6 Å². The van der Waals surface area contributed by atoms with Crippen molar-refractivity contribution in [3.05, 3.63) is 0 Å². The molecule has 0 aromatic rings. The van der Waals surface area contributed by atoms with Gasteiger partial charge in [0.05, 0.1) is 13.2 Å². The van der Waals surface area contributed by atoms with E-state index in [4.69, 9.17) is 28.3 Å². The van der Waals surface area contributed by atoms with Gasteiger partial charge < -0.3 is 43.5 Å². The van der Waals surface area contributed by atoms with E-state index in [1.165, 1.54) is 15.0 Å². The Kier molecular flexibility index (Phi) is 16.3. The second-order valence-electron chi connectivity index (χ2n) is 8.70. The number of ether oxygens (including phenoxy) is 6. The largest absolute Gasteiger partial charge is 0.560 e. The highest BCUT2D eigenvalue weighted by Gasteiger charge is 2.52. The minimum Gasteiger partial charge on any atom is -0.560 e. The van der Waals surface area contributed by atoms with Gasteiger partial charge in [0.15, 0.2) is 36.2 Å². The molecule has 19 heteroatoms. The van der Waals surface area contributed by atoms with E-state index in [1.807, 2.05) is 0 Å². The van der Waals surface area contributed by atoms with Crippen molar-refractivity contribution in [1.82, 2.24) is 5.32 Å². The minimum atomic E-state index is -1.36. The van der Waals surface area contributed by atoms with Gasteiger partial charge in [-0.1, -0.05) is 21.6 Å². The van der Waals surface area contributed by atoms with Crippen LogP contribution in [0.2, 0.25) is 0 Å². The van der Waals surface area contributed by atoms with Gasteiger partial charge >= 0.3 is 37.9 Å². The van der Waals surface area contributed by atoms with Crippen LogP contribution < -0.4 is 5.32 Å². The standard InChI is InChI=1S/C23H35BN2O14S2/c1-10(27)17(22(33)34-6)26-21(32)15(25-9-36-24)8-41-42-23-20(39-14(5)31)19(38-13(4)30)18(37-12(3)29)16(40-23)7-35-11(2)28/h9-10,15-20,23,27H,7-8,24H2,1-6H3,(H,26,32)/b25-9+/t10-,15-,16?,17-,18?,19?,20?,23?/m0/s1. The number of nitrogens with zero attached hydrogens (tertiary/aromatic N) is 1. The molecule has 0 aliphatic carbocycles. The average Bonchev–Trinajstić information content (AvgIpc) is 2.89. The molecule has 1 rings (SSSR count). The van der Waals surface area contributed by atoms with Crippen LogP contribution in [-0.2, 0) is 61.8 Å². The number of hydrogen-bond donors (Lipinski definition) is 2. The molecule has 0 radical (unpaired) electrons. The van der Waals surface area contributed by atoms with E-state index in [2.05, 4.69) is 15.0 Å². The van der Waals surface area contributed by atoms with Crippen molar-refractivity contribution in [2.45, 2.75) is 82.7 Å². The van der Waals surface area contributed by atoms with Crippen LogP contribution in [0.3, 0.4) is 0 Å². The number of esters is 5. The van der Waals surface area contributed by atoms with Crippen LogP contribution in [0.15, 0.2) is 4.99 Å². The van der Waals surface area contributed by atoms with Crippen molar-refractivity contribution in [2.24, 2.45) is 4.99 Å². The molecule has 1 saturated heterocycles. The first-order valence-electron chi connectivity index (χ1n) is 12.4. The predicted octanol–water partition coefficient (Wildman–Crippen LogP) is -1.55. The van der Waals surface area contributed by atoms with Crippen molar-refractivity contribution < 1.29 is 66.9 Å². The van der Waals surface area contributed by atoms with Crippen LogP contribution in [0.4, 0.5) is 0 Å². The third-order valence-corrected chi connectivity index (χ3v) is 7.76. The summed E-state index contributed by atoms with van der Waals surface area (Å²) in [5.41, 5.74) is -1.09. The smallest absolute Gasteiger partial charge is 0.331 e. The van der Waals surface area contributed by atoms with Gasteiger partial charge in [0.2, 0.25) is 5.91 Å². The Hall–Kier alpha value is -3.03. The third-order valence-electron chi connectivity index (χ3n) is 5.22. The molecular weight excluding hydrogens is 603 g/mol. The van der Waals surface area contributed by atoms with Gasteiger partial charge in [0.25, 0.3) is 0 Å². The number of aliphatic hydroxyl groups is 1. The Morgan fingerprint density at radius 1 is 0.976 bits per heavy atom. The highest BCUT2D eigenvalue weighted by molar-refractivity contribution is 8.76. The Morgan fingerprint density at radius 2 is 1.55 bits per heavy atom. The second-order valence-corrected chi connectivity index (χ2v) is 11.2. The summed E-state index contributed by atoms with van der Waals surface area (Å²) >= 11 is 0. The average molecular weight is 638 g/mol. The number of aliphatic imine (C=N–C) groups is 1. The molecule has 5 unspecified atom stereocenters. The van der Waals surface area contributed by atoms with Gasteiger partial charge in [-0.15, -0.1) is 0 Å². The van der Waals surface area contributed by atoms with E-state index >= 15 is 0 Å². The van der Waals surface area contributed by atoms with Gasteiger partial charge in [0, 0.05) is 33.4 Å². The summed E-state index contributed by atoms with van der Waals surface area (Å²) in [5.74, 6) is -4.62. The maximum absolute atomic E-state index is 12.9. The van der Waals surface area contributed by atoms with E-state index in [0.717, 1.165) is 62.8 Å². The molecule has 1 fully saturated rings. The lowest BCUT2D eigenvalue weighted by Crippen LogP contribution is -2.61. The fourth-order valence-electron chi connectivity index (χ4n) is 3.51. The minimum absolute atomic E-state index is 0.0586. The van der Waals surface area contributed by atoms with Crippen molar-refractivity contribution in [1.29, 1.82) is 0 Å². The van der Waals surface area contributed by atoms with Crippen molar-refractivity contribution in [3.8, 4) is 0 Å². The van der Waals surface area contributed by atoms with Crippen molar-refractivity contribution >= 4 is 71.8 Å². The van der Waals surface area contributed by atoms with Crippen LogP contribution in [0.1, 0.15) is 34.6 Å². The number of nitrogens with one attached hydrogen (secondary N) is 1. The summed E-state index contributed by atoms with van der Waals surface area (Å²) in [7, 11) is 4.40. The van der Waals surface area contributed by atoms with Crippen LogP contribution in [0, 0.1) is 0 Å². The summed E-state index contributed by atoms with van der Waals surface area (Å²) < 4.78 is 36.6. The number of carbonyl (C=O) groups excluding carboxylic acids is 6. The number of aliphatic hydroxyl groups excluding tert-OH is 1. The first kappa shape index (κ1) is 37.0. The topological polar surface area (TPSA) is 212 Å². The zero-order valence-electron chi connectivity index (χ0n) is 24.1. The van der Waals surface area contributed by atoms with Gasteiger partial charge in [0.1, 0.15) is 18.8 Å². The van der Waals surface area contributed by atoms with Crippen LogP contribution in [0.25, 0.3) is 0 Å². The SMILES string of the molecule is BO/C=N/[C@@H](CSSC1OC(COC(C)=O)C(OC(C)=O)C(OC(C)=O)C1OC(C)=O)C(=O)N[C@H](C(=O)OC)[C@H](C)O. The first-order valence-corrected chi connectivity index (χ1v) is 14.8. The lowest BCUT2D eigenvalue weighted by atomic mass is 9.99. The van der Waals surface area contributed by atoms with E-state index in [1.54, 1.807) is 0 Å². The third kappa shape index (κ3) is 12.5. The Bertz CT molecular complexity index is 1000. The molecule has 1 aliphatic rings.